The first kappa shape index (κ1) is 22.2. The number of hydrogen-bond acceptors (Lipinski definition) is 2. The lowest BCUT2D eigenvalue weighted by atomic mass is 10.2. The van der Waals surface area contributed by atoms with Gasteiger partial charge in [0.15, 0.2) is 0 Å². The van der Waals surface area contributed by atoms with E-state index in [0.717, 1.165) is 38.8 Å². The monoisotopic (exact) mass is 414 g/mol. The first-order valence-corrected chi connectivity index (χ1v) is 9.12. The van der Waals surface area contributed by atoms with Gasteiger partial charge >= 0.3 is 0 Å². The summed E-state index contributed by atoms with van der Waals surface area (Å²) >= 11 is 6.42. The summed E-state index contributed by atoms with van der Waals surface area (Å²) in [4.78, 5) is 22.2. The number of hydrogen-bond donors (Lipinski definition) is 2. The summed E-state index contributed by atoms with van der Waals surface area (Å²) in [6, 6.07) is 0. The smallest absolute Gasteiger partial charge is 0.233 e. The van der Waals surface area contributed by atoms with E-state index in [1.54, 1.807) is 0 Å². The number of alkyl halides is 2. The standard InChI is InChI=1S/C12H22Br2N2O2.C2H6/c1-9(13)11(17)15-7-5-3-4-6-8-16-12(18)10(2)14;1-2/h9-10H,3-8H2,1-2H3,(H,15,17)(H,16,18);1-2H3. The van der Waals surface area contributed by atoms with Crippen LogP contribution in [0.1, 0.15) is 53.4 Å². The topological polar surface area (TPSA) is 58.2 Å². The Morgan fingerprint density at radius 1 is 0.800 bits per heavy atom. The van der Waals surface area contributed by atoms with Gasteiger partial charge in [-0.2, -0.15) is 0 Å². The molecule has 4 nitrogen and oxygen atoms in total. The van der Waals surface area contributed by atoms with E-state index in [2.05, 4.69) is 42.5 Å². The highest BCUT2D eigenvalue weighted by Crippen LogP contribution is 2.01. The summed E-state index contributed by atoms with van der Waals surface area (Å²) < 4.78 is 0. The number of amides is 2. The summed E-state index contributed by atoms with van der Waals surface area (Å²) in [5, 5.41) is 5.69. The number of carbonyl (C=O) groups excluding carboxylic acids is 2. The highest BCUT2D eigenvalue weighted by molar-refractivity contribution is 9.10. The van der Waals surface area contributed by atoms with Crippen molar-refractivity contribution in [3.63, 3.8) is 0 Å². The van der Waals surface area contributed by atoms with Crippen molar-refractivity contribution in [3.8, 4) is 0 Å². The quantitative estimate of drug-likeness (QED) is 0.448. The average molecular weight is 416 g/mol. The summed E-state index contributed by atoms with van der Waals surface area (Å²) in [6.07, 6.45) is 4.09. The minimum atomic E-state index is -0.126. The zero-order valence-corrected chi connectivity index (χ0v) is 16.1. The maximum atomic E-state index is 11.2. The van der Waals surface area contributed by atoms with Crippen molar-refractivity contribution in [3.05, 3.63) is 0 Å². The molecule has 0 fully saturated rings. The molecule has 0 heterocycles. The highest BCUT2D eigenvalue weighted by atomic mass is 79.9. The van der Waals surface area contributed by atoms with E-state index >= 15 is 0 Å². The molecule has 0 aromatic carbocycles. The largest absolute Gasteiger partial charge is 0.355 e. The Balaban J connectivity index is 0. The Morgan fingerprint density at radius 3 is 1.35 bits per heavy atom. The Hall–Kier alpha value is -0.100. The van der Waals surface area contributed by atoms with E-state index in [0.29, 0.717) is 0 Å². The average Bonchev–Trinajstić information content (AvgIpc) is 2.43. The lowest BCUT2D eigenvalue weighted by molar-refractivity contribution is -0.121. The highest BCUT2D eigenvalue weighted by Gasteiger charge is 2.07. The molecule has 2 atom stereocenters. The molecular weight excluding hydrogens is 388 g/mol. The maximum Gasteiger partial charge on any atom is 0.233 e. The second kappa shape index (κ2) is 15.3. The van der Waals surface area contributed by atoms with Crippen molar-refractivity contribution in [2.45, 2.75) is 63.0 Å². The van der Waals surface area contributed by atoms with Gasteiger partial charge in [0, 0.05) is 13.1 Å². The zero-order chi connectivity index (χ0) is 16.0. The summed E-state index contributed by atoms with van der Waals surface area (Å²) in [6.45, 7) is 9.06. The van der Waals surface area contributed by atoms with E-state index in [1.165, 1.54) is 0 Å². The lowest BCUT2D eigenvalue weighted by Crippen LogP contribution is -2.30. The Morgan fingerprint density at radius 2 is 1.10 bits per heavy atom. The summed E-state index contributed by atoms with van der Waals surface area (Å²) in [7, 11) is 0. The molecule has 0 saturated carbocycles. The van der Waals surface area contributed by atoms with Crippen LogP contribution < -0.4 is 10.6 Å². The number of halogens is 2. The molecular formula is C14H28Br2N2O2. The molecule has 2 N–H and O–H groups in total. The van der Waals surface area contributed by atoms with Gasteiger partial charge < -0.3 is 10.6 Å². The van der Waals surface area contributed by atoms with Gasteiger partial charge in [0.25, 0.3) is 0 Å². The lowest BCUT2D eigenvalue weighted by Gasteiger charge is -2.07. The fourth-order valence-corrected chi connectivity index (χ4v) is 1.63. The van der Waals surface area contributed by atoms with Crippen molar-refractivity contribution in [2.75, 3.05) is 13.1 Å². The molecule has 0 rings (SSSR count). The molecule has 2 unspecified atom stereocenters. The predicted molar refractivity (Wildman–Crippen MR) is 92.6 cm³/mol. The molecule has 0 aliphatic carbocycles. The van der Waals surface area contributed by atoms with Crippen LogP contribution in [-0.4, -0.2) is 34.6 Å². The van der Waals surface area contributed by atoms with Crippen LogP contribution in [0.2, 0.25) is 0 Å². The fourth-order valence-electron chi connectivity index (χ4n) is 1.31. The molecule has 2 amide bonds. The Kier molecular flexibility index (Phi) is 17.0. The Bertz CT molecular complexity index is 234. The molecule has 0 saturated heterocycles. The normalized spacial score (nSPS) is 12.7. The van der Waals surface area contributed by atoms with Crippen molar-refractivity contribution >= 4 is 43.7 Å². The molecule has 20 heavy (non-hydrogen) atoms. The summed E-state index contributed by atoms with van der Waals surface area (Å²) in [5.41, 5.74) is 0. The predicted octanol–water partition coefficient (Wildman–Crippen LogP) is 3.37. The molecule has 0 aliphatic rings. The van der Waals surface area contributed by atoms with Gasteiger partial charge in [-0.05, 0) is 26.7 Å². The molecule has 120 valence electrons. The molecule has 0 aliphatic heterocycles. The van der Waals surface area contributed by atoms with Gasteiger partial charge in [-0.15, -0.1) is 0 Å². The van der Waals surface area contributed by atoms with Gasteiger partial charge in [-0.3, -0.25) is 9.59 Å². The first-order chi connectivity index (χ1) is 9.45. The third-order valence-corrected chi connectivity index (χ3v) is 3.26. The van der Waals surface area contributed by atoms with Crippen molar-refractivity contribution in [1.29, 1.82) is 0 Å². The maximum absolute atomic E-state index is 11.2. The number of carbonyl (C=O) groups is 2. The van der Waals surface area contributed by atoms with Gasteiger partial charge in [0.2, 0.25) is 11.8 Å². The zero-order valence-electron chi connectivity index (χ0n) is 13.0. The van der Waals surface area contributed by atoms with Crippen molar-refractivity contribution < 1.29 is 9.59 Å². The van der Waals surface area contributed by atoms with Crippen LogP contribution >= 0.6 is 31.9 Å². The fraction of sp³-hybridized carbons (Fsp3) is 0.857. The van der Waals surface area contributed by atoms with Crippen LogP contribution in [0.15, 0.2) is 0 Å². The van der Waals surface area contributed by atoms with Crippen LogP contribution in [0.5, 0.6) is 0 Å². The van der Waals surface area contributed by atoms with E-state index in [-0.39, 0.29) is 21.5 Å². The summed E-state index contributed by atoms with van der Waals surface area (Å²) in [5.74, 6) is 0.0714. The van der Waals surface area contributed by atoms with E-state index in [9.17, 15) is 9.59 Å². The minimum absolute atomic E-state index is 0.0357. The van der Waals surface area contributed by atoms with E-state index in [4.69, 9.17) is 0 Å². The number of unbranched alkanes of at least 4 members (excludes halogenated alkanes) is 3. The van der Waals surface area contributed by atoms with Gasteiger partial charge in [-0.25, -0.2) is 0 Å². The van der Waals surface area contributed by atoms with E-state index < -0.39 is 0 Å². The van der Waals surface area contributed by atoms with Crippen LogP contribution in [-0.2, 0) is 9.59 Å². The van der Waals surface area contributed by atoms with Crippen LogP contribution in [0.4, 0.5) is 0 Å². The van der Waals surface area contributed by atoms with Crippen LogP contribution in [0, 0.1) is 0 Å². The van der Waals surface area contributed by atoms with Gasteiger partial charge in [0.1, 0.15) is 0 Å². The van der Waals surface area contributed by atoms with Crippen LogP contribution in [0.25, 0.3) is 0 Å². The number of nitrogens with one attached hydrogen (secondary N) is 2. The van der Waals surface area contributed by atoms with Gasteiger partial charge in [0.05, 0.1) is 9.65 Å². The minimum Gasteiger partial charge on any atom is -0.355 e. The third kappa shape index (κ3) is 14.3. The molecule has 6 heteroatoms. The van der Waals surface area contributed by atoms with Crippen LogP contribution in [0.3, 0.4) is 0 Å². The molecule has 0 aromatic rings. The van der Waals surface area contributed by atoms with Crippen molar-refractivity contribution in [1.82, 2.24) is 10.6 Å². The molecule has 0 aromatic heterocycles. The van der Waals surface area contributed by atoms with Crippen molar-refractivity contribution in [2.24, 2.45) is 0 Å². The second-order valence-electron chi connectivity index (χ2n) is 4.23. The SMILES string of the molecule is CC.CC(Br)C(=O)NCCCCCCNC(=O)C(C)Br. The molecule has 0 spiro atoms. The second-order valence-corrected chi connectivity index (χ2v) is 6.98. The number of rotatable bonds is 9. The molecule has 0 bridgehead atoms. The van der Waals surface area contributed by atoms with E-state index in [1.807, 2.05) is 27.7 Å². The molecule has 0 radical (unpaired) electrons. The third-order valence-electron chi connectivity index (χ3n) is 2.42. The van der Waals surface area contributed by atoms with Gasteiger partial charge in [-0.1, -0.05) is 58.5 Å². The Labute approximate surface area is 140 Å². The first-order valence-electron chi connectivity index (χ1n) is 7.28.